The highest BCUT2D eigenvalue weighted by atomic mass is 14.7. The first kappa shape index (κ1) is 6.91. The predicted octanol–water partition coefficient (Wildman–Crippen LogP) is 1.40. The fourth-order valence-electron chi connectivity index (χ4n) is 1.22. The average molecular weight is 159 g/mol. The van der Waals surface area contributed by atoms with Gasteiger partial charge in [-0.25, -0.2) is 0 Å². The fourth-order valence-corrected chi connectivity index (χ4v) is 1.22. The van der Waals surface area contributed by atoms with Crippen molar-refractivity contribution in [2.45, 2.75) is 0 Å². The molecule has 0 fully saturated rings. The number of fused-ring (bicyclic) bond motifs is 1. The summed E-state index contributed by atoms with van der Waals surface area (Å²) in [7, 11) is 0. The summed E-state index contributed by atoms with van der Waals surface area (Å²) >= 11 is 0. The molecule has 12 heavy (non-hydrogen) atoms. The van der Waals surface area contributed by atoms with Gasteiger partial charge in [0.25, 0.3) is 0 Å². The molecule has 60 valence electrons. The maximum absolute atomic E-state index is 5.73. The molecule has 0 bridgehead atoms. The third-order valence-corrected chi connectivity index (χ3v) is 1.84. The number of para-hydroxylation sites is 1. The highest BCUT2D eigenvalue weighted by molar-refractivity contribution is 5.96. The summed E-state index contributed by atoms with van der Waals surface area (Å²) in [4.78, 5) is 4.14. The minimum atomic E-state index is 0.666. The number of hydrogen-bond donors (Lipinski definition) is 2. The van der Waals surface area contributed by atoms with Crippen molar-refractivity contribution in [2.24, 2.45) is 0 Å². The van der Waals surface area contributed by atoms with E-state index < -0.39 is 0 Å². The first-order chi connectivity index (χ1) is 5.79. The van der Waals surface area contributed by atoms with Gasteiger partial charge in [0.2, 0.25) is 0 Å². The van der Waals surface area contributed by atoms with E-state index in [1.807, 2.05) is 18.2 Å². The summed E-state index contributed by atoms with van der Waals surface area (Å²) in [5.74, 6) is 0. The van der Waals surface area contributed by atoms with Gasteiger partial charge in [-0.3, -0.25) is 4.98 Å². The number of nitrogen functional groups attached to an aromatic ring is 2. The van der Waals surface area contributed by atoms with Crippen LogP contribution in [0.5, 0.6) is 0 Å². The Morgan fingerprint density at radius 3 is 2.58 bits per heavy atom. The number of hydrogen-bond acceptors (Lipinski definition) is 3. The number of benzene rings is 1. The molecule has 1 aromatic carbocycles. The van der Waals surface area contributed by atoms with Crippen LogP contribution in [0.2, 0.25) is 0 Å². The van der Waals surface area contributed by atoms with Crippen LogP contribution in [-0.4, -0.2) is 4.98 Å². The lowest BCUT2D eigenvalue weighted by Crippen LogP contribution is -1.92. The second kappa shape index (κ2) is 2.37. The van der Waals surface area contributed by atoms with E-state index in [0.717, 1.165) is 10.9 Å². The molecule has 0 aliphatic heterocycles. The number of nitrogens with two attached hydrogens (primary N) is 2. The first-order valence-electron chi connectivity index (χ1n) is 3.68. The van der Waals surface area contributed by atoms with Crippen LogP contribution >= 0.6 is 0 Å². The number of rotatable bonds is 0. The molecule has 0 spiro atoms. The van der Waals surface area contributed by atoms with Gasteiger partial charge in [0.1, 0.15) is 0 Å². The van der Waals surface area contributed by atoms with E-state index >= 15 is 0 Å². The second-order valence-electron chi connectivity index (χ2n) is 2.64. The van der Waals surface area contributed by atoms with Gasteiger partial charge in [0.05, 0.1) is 11.2 Å². The van der Waals surface area contributed by atoms with Gasteiger partial charge in [0.15, 0.2) is 0 Å². The number of nitrogens with zero attached hydrogens (tertiary/aromatic N) is 1. The summed E-state index contributed by atoms with van der Waals surface area (Å²) in [6, 6.07) is 7.36. The molecular weight excluding hydrogens is 150 g/mol. The minimum Gasteiger partial charge on any atom is -0.398 e. The van der Waals surface area contributed by atoms with Crippen LogP contribution in [0.15, 0.2) is 30.5 Å². The zero-order valence-electron chi connectivity index (χ0n) is 6.49. The molecule has 0 saturated carbocycles. The molecule has 0 aliphatic rings. The Morgan fingerprint density at radius 2 is 1.83 bits per heavy atom. The molecule has 1 heterocycles. The van der Waals surface area contributed by atoms with Crippen molar-refractivity contribution >= 4 is 22.3 Å². The fraction of sp³-hybridized carbons (Fsp3) is 0. The highest BCUT2D eigenvalue weighted by Crippen LogP contribution is 2.22. The van der Waals surface area contributed by atoms with Gasteiger partial charge in [-0.1, -0.05) is 12.1 Å². The van der Waals surface area contributed by atoms with E-state index in [-0.39, 0.29) is 0 Å². The molecule has 0 amide bonds. The summed E-state index contributed by atoms with van der Waals surface area (Å²) < 4.78 is 0. The van der Waals surface area contributed by atoms with E-state index in [2.05, 4.69) is 4.98 Å². The maximum Gasteiger partial charge on any atom is 0.0951 e. The predicted molar refractivity (Wildman–Crippen MR) is 50.6 cm³/mol. The Bertz CT molecular complexity index is 382. The minimum absolute atomic E-state index is 0.666. The zero-order valence-corrected chi connectivity index (χ0v) is 6.49. The van der Waals surface area contributed by atoms with Gasteiger partial charge in [-0.15, -0.1) is 0 Å². The first-order valence-corrected chi connectivity index (χ1v) is 3.68. The summed E-state index contributed by atoms with van der Waals surface area (Å²) in [6.45, 7) is 0. The second-order valence-corrected chi connectivity index (χ2v) is 2.64. The van der Waals surface area contributed by atoms with Crippen LogP contribution in [0.1, 0.15) is 0 Å². The number of anilines is 2. The molecule has 3 nitrogen and oxygen atoms in total. The van der Waals surface area contributed by atoms with Crippen molar-refractivity contribution in [2.75, 3.05) is 11.5 Å². The maximum atomic E-state index is 5.73. The molecular formula is C9H9N3. The van der Waals surface area contributed by atoms with Crippen LogP contribution in [0.3, 0.4) is 0 Å². The Balaban J connectivity index is 2.94. The highest BCUT2D eigenvalue weighted by Gasteiger charge is 1.99. The Labute approximate surface area is 70.0 Å². The number of aromatic nitrogens is 1. The third-order valence-electron chi connectivity index (χ3n) is 1.84. The Hall–Kier alpha value is -1.77. The summed E-state index contributed by atoms with van der Waals surface area (Å²) in [5, 5.41) is 0.914. The third kappa shape index (κ3) is 0.871. The zero-order chi connectivity index (χ0) is 8.55. The Kier molecular flexibility index (Phi) is 1.37. The molecule has 2 rings (SSSR count). The molecule has 0 aliphatic carbocycles. The quantitative estimate of drug-likeness (QED) is 0.571. The Morgan fingerprint density at radius 1 is 1.00 bits per heavy atom. The van der Waals surface area contributed by atoms with E-state index in [9.17, 15) is 0 Å². The van der Waals surface area contributed by atoms with Crippen molar-refractivity contribution < 1.29 is 0 Å². The standard InChI is InChI=1S/C9H9N3/c10-7-4-5-12-9-6(7)2-1-3-8(9)11/h1-5H,11H2,(H2,10,12). The van der Waals surface area contributed by atoms with Gasteiger partial charge in [0, 0.05) is 17.3 Å². The topological polar surface area (TPSA) is 64.9 Å². The van der Waals surface area contributed by atoms with Crippen LogP contribution < -0.4 is 11.5 Å². The smallest absolute Gasteiger partial charge is 0.0951 e. The lowest BCUT2D eigenvalue weighted by Gasteiger charge is -2.02. The normalized spacial score (nSPS) is 10.3. The molecule has 0 saturated heterocycles. The molecule has 4 N–H and O–H groups in total. The lowest BCUT2D eigenvalue weighted by molar-refractivity contribution is 1.41. The van der Waals surface area contributed by atoms with E-state index in [0.29, 0.717) is 11.4 Å². The van der Waals surface area contributed by atoms with Gasteiger partial charge in [-0.05, 0) is 12.1 Å². The summed E-state index contributed by atoms with van der Waals surface area (Å²) in [5.41, 5.74) is 13.6. The van der Waals surface area contributed by atoms with E-state index in [1.165, 1.54) is 0 Å². The largest absolute Gasteiger partial charge is 0.398 e. The van der Waals surface area contributed by atoms with Crippen molar-refractivity contribution in [3.8, 4) is 0 Å². The van der Waals surface area contributed by atoms with Crippen molar-refractivity contribution in [1.29, 1.82) is 0 Å². The van der Waals surface area contributed by atoms with Crippen LogP contribution in [0.25, 0.3) is 10.9 Å². The van der Waals surface area contributed by atoms with Gasteiger partial charge >= 0.3 is 0 Å². The van der Waals surface area contributed by atoms with Crippen LogP contribution in [0, 0.1) is 0 Å². The number of pyridine rings is 1. The molecule has 3 heteroatoms. The molecule has 0 radical (unpaired) electrons. The van der Waals surface area contributed by atoms with Crippen molar-refractivity contribution in [3.63, 3.8) is 0 Å². The van der Waals surface area contributed by atoms with Crippen LogP contribution in [-0.2, 0) is 0 Å². The molecule has 0 unspecified atom stereocenters. The SMILES string of the molecule is Nc1ccnc2c(N)cccc12. The van der Waals surface area contributed by atoms with Crippen molar-refractivity contribution in [3.05, 3.63) is 30.5 Å². The van der Waals surface area contributed by atoms with Crippen molar-refractivity contribution in [1.82, 2.24) is 4.98 Å². The summed E-state index contributed by atoms with van der Waals surface area (Å²) in [6.07, 6.45) is 1.66. The van der Waals surface area contributed by atoms with Gasteiger partial charge in [-0.2, -0.15) is 0 Å². The molecule has 2 aromatic rings. The van der Waals surface area contributed by atoms with Crippen LogP contribution in [0.4, 0.5) is 11.4 Å². The molecule has 0 atom stereocenters. The van der Waals surface area contributed by atoms with E-state index in [1.54, 1.807) is 12.3 Å². The molecule has 1 aromatic heterocycles. The monoisotopic (exact) mass is 159 g/mol. The lowest BCUT2D eigenvalue weighted by atomic mass is 10.1. The average Bonchev–Trinajstić information content (AvgIpc) is 2.07. The van der Waals surface area contributed by atoms with E-state index in [4.69, 9.17) is 11.5 Å². The van der Waals surface area contributed by atoms with Gasteiger partial charge < -0.3 is 11.5 Å².